The van der Waals surface area contributed by atoms with Crippen LogP contribution in [0.3, 0.4) is 0 Å². The first-order chi connectivity index (χ1) is 15.0. The molecule has 0 aromatic heterocycles. The molecular weight excluding hydrogens is 398 g/mol. The van der Waals surface area contributed by atoms with E-state index in [1.54, 1.807) is 6.92 Å². The van der Waals surface area contributed by atoms with Crippen molar-refractivity contribution in [3.8, 4) is 0 Å². The van der Waals surface area contributed by atoms with Crippen LogP contribution in [0.5, 0.6) is 0 Å². The highest BCUT2D eigenvalue weighted by atomic mass is 19.2. The van der Waals surface area contributed by atoms with Crippen molar-refractivity contribution in [2.45, 2.75) is 105 Å². The van der Waals surface area contributed by atoms with E-state index in [1.165, 1.54) is 59.0 Å². The van der Waals surface area contributed by atoms with Gasteiger partial charge in [-0.05, 0) is 50.4 Å². The third-order valence-corrected chi connectivity index (χ3v) is 6.75. The largest absolute Gasteiger partial charge is 0.498 e. The van der Waals surface area contributed by atoms with Crippen LogP contribution in [-0.2, 0) is 14.2 Å². The fourth-order valence-electron chi connectivity index (χ4n) is 4.65. The molecule has 1 aliphatic heterocycles. The Bertz CT molecular complexity index is 543. The van der Waals surface area contributed by atoms with Gasteiger partial charge >= 0.3 is 0 Å². The molecule has 2 rings (SSSR count). The Morgan fingerprint density at radius 3 is 2.10 bits per heavy atom. The third-order valence-electron chi connectivity index (χ3n) is 6.75. The second-order valence-corrected chi connectivity index (χ2v) is 8.69. The Hall–Kier alpha value is -1.10. The van der Waals surface area contributed by atoms with E-state index < -0.39 is 11.7 Å². The number of ether oxygens (including phenoxy) is 3. The van der Waals surface area contributed by atoms with Crippen LogP contribution in [0, 0.1) is 17.8 Å². The van der Waals surface area contributed by atoms with E-state index in [-0.39, 0.29) is 30.6 Å². The summed E-state index contributed by atoms with van der Waals surface area (Å²) in [7, 11) is 1.32. The van der Waals surface area contributed by atoms with E-state index in [0.29, 0.717) is 5.92 Å². The minimum atomic E-state index is -0.997. The van der Waals surface area contributed by atoms with E-state index in [0.717, 1.165) is 31.3 Å². The molecule has 182 valence electrons. The van der Waals surface area contributed by atoms with Gasteiger partial charge in [-0.2, -0.15) is 8.78 Å². The predicted octanol–water partition coefficient (Wildman–Crippen LogP) is 8.26. The van der Waals surface area contributed by atoms with E-state index in [9.17, 15) is 8.78 Å². The Labute approximate surface area is 189 Å². The topological polar surface area (TPSA) is 27.7 Å². The molecule has 2 unspecified atom stereocenters. The number of hydrogen-bond donors (Lipinski definition) is 0. The fraction of sp³-hybridized carbons (Fsp3) is 0.846. The molecule has 0 aromatic rings. The molecule has 31 heavy (non-hydrogen) atoms. The summed E-state index contributed by atoms with van der Waals surface area (Å²) in [4.78, 5) is 0. The van der Waals surface area contributed by atoms with Crippen LogP contribution >= 0.6 is 0 Å². The summed E-state index contributed by atoms with van der Waals surface area (Å²) >= 11 is 0. The van der Waals surface area contributed by atoms with Gasteiger partial charge in [-0.25, -0.2) is 0 Å². The molecule has 0 amide bonds. The SMILES string of the molecule is CC.CCCCC1CCC(C2CCC(CO/C(CC)=C(F)/C(F)=C(\C)OC)OC2)CC1. The molecule has 2 aliphatic rings. The average Bonchev–Trinajstić information content (AvgIpc) is 2.84. The first-order valence-electron chi connectivity index (χ1n) is 12.5. The monoisotopic (exact) mass is 444 g/mol. The zero-order chi connectivity index (χ0) is 23.2. The van der Waals surface area contributed by atoms with Gasteiger partial charge in [-0.3, -0.25) is 0 Å². The molecule has 0 aromatic carbocycles. The Morgan fingerprint density at radius 1 is 0.935 bits per heavy atom. The number of halogens is 2. The van der Waals surface area contributed by atoms with Crippen LogP contribution in [0.15, 0.2) is 23.2 Å². The van der Waals surface area contributed by atoms with Crippen LogP contribution in [0.2, 0.25) is 0 Å². The van der Waals surface area contributed by atoms with Crippen molar-refractivity contribution in [2.75, 3.05) is 20.3 Å². The van der Waals surface area contributed by atoms with Gasteiger partial charge in [0.05, 0.1) is 19.8 Å². The van der Waals surface area contributed by atoms with Gasteiger partial charge in [0.25, 0.3) is 0 Å². The molecule has 0 bridgehead atoms. The Kier molecular flexibility index (Phi) is 14.1. The highest BCUT2D eigenvalue weighted by Gasteiger charge is 2.31. The van der Waals surface area contributed by atoms with Gasteiger partial charge in [0.15, 0.2) is 11.7 Å². The lowest BCUT2D eigenvalue weighted by atomic mass is 9.73. The van der Waals surface area contributed by atoms with Crippen molar-refractivity contribution in [3.63, 3.8) is 0 Å². The van der Waals surface area contributed by atoms with Crippen LogP contribution < -0.4 is 0 Å². The van der Waals surface area contributed by atoms with Gasteiger partial charge in [0.2, 0.25) is 0 Å². The fourth-order valence-corrected chi connectivity index (χ4v) is 4.65. The van der Waals surface area contributed by atoms with Crippen LogP contribution in [0.1, 0.15) is 98.8 Å². The van der Waals surface area contributed by atoms with E-state index in [4.69, 9.17) is 14.2 Å². The standard InChI is InChI=1S/C24H40F2O3.C2H6/c1-5-7-8-18-9-11-19(12-10-18)20-13-14-21(28-15-20)16-29-22(6-2)24(26)23(25)17(3)27-4;1-2/h18-21H,5-16H2,1-4H3;1-2H3/b23-17-,24-22-;. The summed E-state index contributed by atoms with van der Waals surface area (Å²) in [5.74, 6) is 0.329. The van der Waals surface area contributed by atoms with Crippen molar-refractivity contribution < 1.29 is 23.0 Å². The van der Waals surface area contributed by atoms with Gasteiger partial charge in [0.1, 0.15) is 18.1 Å². The minimum Gasteiger partial charge on any atom is -0.498 e. The summed E-state index contributed by atoms with van der Waals surface area (Å²) in [6, 6.07) is 0. The van der Waals surface area contributed by atoms with E-state index >= 15 is 0 Å². The van der Waals surface area contributed by atoms with Crippen LogP contribution in [0.4, 0.5) is 8.78 Å². The van der Waals surface area contributed by atoms with Gasteiger partial charge in [-0.15, -0.1) is 0 Å². The van der Waals surface area contributed by atoms with Crippen molar-refractivity contribution in [3.05, 3.63) is 23.2 Å². The number of rotatable bonds is 10. The molecular formula is C26H46F2O3. The zero-order valence-corrected chi connectivity index (χ0v) is 20.8. The Balaban J connectivity index is 0.00000233. The number of hydrogen-bond acceptors (Lipinski definition) is 3. The van der Waals surface area contributed by atoms with Gasteiger partial charge in [0, 0.05) is 6.42 Å². The summed E-state index contributed by atoms with van der Waals surface area (Å²) in [5.41, 5.74) is 0. The zero-order valence-electron chi connectivity index (χ0n) is 20.8. The molecule has 0 radical (unpaired) electrons. The lowest BCUT2D eigenvalue weighted by Crippen LogP contribution is -2.34. The highest BCUT2D eigenvalue weighted by molar-refractivity contribution is 5.24. The maximum absolute atomic E-state index is 14.3. The summed E-state index contributed by atoms with van der Waals surface area (Å²) in [5, 5.41) is 0. The number of methoxy groups -OCH3 is 1. The lowest BCUT2D eigenvalue weighted by molar-refractivity contribution is -0.0666. The lowest BCUT2D eigenvalue weighted by Gasteiger charge is -2.38. The normalized spacial score (nSPS) is 28.0. The predicted molar refractivity (Wildman–Crippen MR) is 124 cm³/mol. The quantitative estimate of drug-likeness (QED) is 0.251. The summed E-state index contributed by atoms with van der Waals surface area (Å²) < 4.78 is 44.6. The smallest absolute Gasteiger partial charge is 0.199 e. The Morgan fingerprint density at radius 2 is 1.58 bits per heavy atom. The van der Waals surface area contributed by atoms with E-state index in [2.05, 4.69) is 6.92 Å². The molecule has 3 nitrogen and oxygen atoms in total. The maximum atomic E-state index is 14.3. The second-order valence-electron chi connectivity index (χ2n) is 8.69. The number of unbranched alkanes of at least 4 members (excludes halogenated alkanes) is 1. The molecule has 1 aliphatic carbocycles. The molecule has 1 heterocycles. The van der Waals surface area contributed by atoms with Crippen molar-refractivity contribution in [1.82, 2.24) is 0 Å². The summed E-state index contributed by atoms with van der Waals surface area (Å²) in [6.45, 7) is 10.4. The second kappa shape index (κ2) is 15.7. The molecule has 0 spiro atoms. The van der Waals surface area contributed by atoms with Gasteiger partial charge in [-0.1, -0.05) is 59.8 Å². The molecule has 2 fully saturated rings. The molecule has 1 saturated carbocycles. The number of allylic oxidation sites excluding steroid dienone is 4. The first-order valence-corrected chi connectivity index (χ1v) is 12.5. The molecule has 2 atom stereocenters. The molecule has 5 heteroatoms. The average molecular weight is 445 g/mol. The minimum absolute atomic E-state index is 0.0232. The molecule has 1 saturated heterocycles. The summed E-state index contributed by atoms with van der Waals surface area (Å²) in [6.07, 6.45) is 11.8. The van der Waals surface area contributed by atoms with E-state index in [1.807, 2.05) is 13.8 Å². The van der Waals surface area contributed by atoms with Crippen molar-refractivity contribution >= 4 is 0 Å². The highest BCUT2D eigenvalue weighted by Crippen LogP contribution is 2.39. The maximum Gasteiger partial charge on any atom is 0.199 e. The first kappa shape index (κ1) is 27.9. The van der Waals surface area contributed by atoms with Crippen LogP contribution in [0.25, 0.3) is 0 Å². The third kappa shape index (κ3) is 9.11. The van der Waals surface area contributed by atoms with Crippen LogP contribution in [-0.4, -0.2) is 26.4 Å². The van der Waals surface area contributed by atoms with Crippen molar-refractivity contribution in [2.24, 2.45) is 17.8 Å². The van der Waals surface area contributed by atoms with Crippen molar-refractivity contribution in [1.29, 1.82) is 0 Å². The molecule has 0 N–H and O–H groups in total. The van der Waals surface area contributed by atoms with Gasteiger partial charge < -0.3 is 14.2 Å².